The highest BCUT2D eigenvalue weighted by atomic mass is 16.6. The molecule has 0 spiro atoms. The molecule has 2 heterocycles. The number of para-hydroxylation sites is 1. The monoisotopic (exact) mass is 606 g/mol. The van der Waals surface area contributed by atoms with Gasteiger partial charge in [0.2, 0.25) is 5.91 Å². The molecular formula is C37H42N4O4. The first-order valence-corrected chi connectivity index (χ1v) is 16.2. The predicted molar refractivity (Wildman–Crippen MR) is 175 cm³/mol. The highest BCUT2D eigenvalue weighted by molar-refractivity contribution is 5.87. The number of methoxy groups -OCH3 is 1. The van der Waals surface area contributed by atoms with Crippen LogP contribution >= 0.6 is 0 Å². The normalized spacial score (nSPS) is 20.8. The van der Waals surface area contributed by atoms with E-state index >= 15 is 0 Å². The number of hydrogen-bond acceptors (Lipinski definition) is 5. The van der Waals surface area contributed by atoms with E-state index in [0.29, 0.717) is 25.5 Å². The Balaban J connectivity index is 1.08. The number of H-pyrrole nitrogens is 1. The first-order chi connectivity index (χ1) is 22.0. The van der Waals surface area contributed by atoms with Gasteiger partial charge in [0.15, 0.2) is 0 Å². The molecule has 1 aromatic heterocycles. The average molecular weight is 607 g/mol. The van der Waals surface area contributed by atoms with E-state index in [1.807, 2.05) is 36.4 Å². The minimum Gasteiger partial charge on any atom is -0.448 e. The van der Waals surface area contributed by atoms with E-state index in [9.17, 15) is 9.59 Å². The molecule has 7 rings (SSSR count). The quantitative estimate of drug-likeness (QED) is 0.194. The van der Waals surface area contributed by atoms with Crippen molar-refractivity contribution in [3.8, 4) is 11.1 Å². The molecule has 4 N–H and O–H groups in total. The van der Waals surface area contributed by atoms with Crippen LogP contribution in [0.2, 0.25) is 0 Å². The molecule has 1 saturated heterocycles. The maximum absolute atomic E-state index is 14.2. The number of carbonyl (C=O) groups excluding carboxylic acids is 2. The maximum atomic E-state index is 14.2. The van der Waals surface area contributed by atoms with Crippen molar-refractivity contribution in [3.05, 3.63) is 95.7 Å². The number of nitrogens with zero attached hydrogens (tertiary/aromatic N) is 1. The summed E-state index contributed by atoms with van der Waals surface area (Å²) in [7, 11) is 1.71. The lowest BCUT2D eigenvalue weighted by atomic mass is 9.79. The lowest BCUT2D eigenvalue weighted by Gasteiger charge is -2.40. The summed E-state index contributed by atoms with van der Waals surface area (Å²) < 4.78 is 11.4. The number of nitrogens with one attached hydrogen (secondary N) is 2. The van der Waals surface area contributed by atoms with Crippen LogP contribution in [0.3, 0.4) is 0 Å². The molecule has 1 unspecified atom stereocenters. The summed E-state index contributed by atoms with van der Waals surface area (Å²) in [5.41, 5.74) is 12.9. The number of ether oxygens (including phenoxy) is 2. The lowest BCUT2D eigenvalue weighted by molar-refractivity contribution is -0.129. The van der Waals surface area contributed by atoms with Gasteiger partial charge in [0.05, 0.1) is 11.5 Å². The van der Waals surface area contributed by atoms with Crippen LogP contribution in [0.1, 0.15) is 54.7 Å². The zero-order valence-electron chi connectivity index (χ0n) is 25.8. The lowest BCUT2D eigenvalue weighted by Crippen LogP contribution is -2.56. The number of hydrogen-bond donors (Lipinski definition) is 3. The molecule has 2 amide bonds. The van der Waals surface area contributed by atoms with Crippen molar-refractivity contribution in [3.63, 3.8) is 0 Å². The van der Waals surface area contributed by atoms with Crippen molar-refractivity contribution in [2.24, 2.45) is 17.6 Å². The molecule has 4 aromatic rings. The molecule has 0 bridgehead atoms. The van der Waals surface area contributed by atoms with Crippen LogP contribution < -0.4 is 11.1 Å². The van der Waals surface area contributed by atoms with E-state index in [0.717, 1.165) is 42.1 Å². The minimum absolute atomic E-state index is 0.0265. The van der Waals surface area contributed by atoms with Crippen molar-refractivity contribution in [2.45, 2.75) is 49.6 Å². The third kappa shape index (κ3) is 5.62. The number of benzene rings is 3. The van der Waals surface area contributed by atoms with E-state index < -0.39 is 17.6 Å². The van der Waals surface area contributed by atoms with Gasteiger partial charge >= 0.3 is 6.09 Å². The molecule has 45 heavy (non-hydrogen) atoms. The molecule has 0 radical (unpaired) electrons. The molecule has 1 saturated carbocycles. The van der Waals surface area contributed by atoms with Gasteiger partial charge in [0.25, 0.3) is 0 Å². The van der Waals surface area contributed by atoms with Crippen molar-refractivity contribution in [1.82, 2.24) is 15.2 Å². The molecular weight excluding hydrogens is 564 g/mol. The van der Waals surface area contributed by atoms with Crippen molar-refractivity contribution < 1.29 is 19.1 Å². The second-order valence-electron chi connectivity index (χ2n) is 13.0. The standard InChI is InChI=1S/C37H42N4O4/c1-44-18-8-17-37(25-15-16-25,33-20-39-34-14-7-6-13-31(33)34)40-35(42)24-19-26(38)22-41(21-24)36(43)45-23-32-29-11-4-2-9-27(29)28-10-3-5-12-30(28)32/h2-7,9-14,20,24-26,32,39H,8,15-19,21-23,38H2,1H3,(H,40,42)/t24-,26+,37?/m0/s1. The van der Waals surface area contributed by atoms with Gasteiger partial charge < -0.3 is 30.4 Å². The SMILES string of the molecule is COCCCC(NC(=O)[C@H]1C[C@@H](N)CN(C(=O)OCC2c3ccccc3-c3ccccc32)C1)(c1c[nH]c2ccccc12)C1CC1. The van der Waals surface area contributed by atoms with Crippen LogP contribution in [0.25, 0.3) is 22.0 Å². The number of nitrogens with two attached hydrogens (primary N) is 1. The fourth-order valence-electron chi connectivity index (χ4n) is 7.79. The molecule has 3 aromatic carbocycles. The summed E-state index contributed by atoms with van der Waals surface area (Å²) in [6, 6.07) is 24.5. The Bertz CT molecular complexity index is 1650. The van der Waals surface area contributed by atoms with Gasteiger partial charge in [0.1, 0.15) is 6.61 Å². The molecule has 2 fully saturated rings. The molecule has 8 nitrogen and oxygen atoms in total. The van der Waals surface area contributed by atoms with Crippen LogP contribution in [0.4, 0.5) is 4.79 Å². The van der Waals surface area contributed by atoms with Crippen LogP contribution in [0, 0.1) is 11.8 Å². The summed E-state index contributed by atoms with van der Waals surface area (Å²) in [5, 5.41) is 4.67. The van der Waals surface area contributed by atoms with Gasteiger partial charge in [-0.1, -0.05) is 66.7 Å². The summed E-state index contributed by atoms with van der Waals surface area (Å²) >= 11 is 0. The molecule has 8 heteroatoms. The molecule has 3 aliphatic rings. The summed E-state index contributed by atoms with van der Waals surface area (Å²) in [4.78, 5) is 32.7. The molecule has 1 aliphatic heterocycles. The number of likely N-dealkylation sites (tertiary alicyclic amines) is 1. The predicted octanol–water partition coefficient (Wildman–Crippen LogP) is 5.91. The Hall–Kier alpha value is -4.14. The Labute approximate surface area is 264 Å². The Kier molecular flexibility index (Phi) is 8.10. The number of aromatic amines is 1. The number of piperidine rings is 1. The van der Waals surface area contributed by atoms with Gasteiger partial charge in [0, 0.05) is 61.4 Å². The highest BCUT2D eigenvalue weighted by Crippen LogP contribution is 2.50. The zero-order valence-corrected chi connectivity index (χ0v) is 25.8. The Morgan fingerprint density at radius 2 is 1.67 bits per heavy atom. The maximum Gasteiger partial charge on any atom is 0.409 e. The van der Waals surface area contributed by atoms with Gasteiger partial charge in [-0.2, -0.15) is 0 Å². The first kappa shape index (κ1) is 29.6. The van der Waals surface area contributed by atoms with E-state index in [4.69, 9.17) is 15.2 Å². The average Bonchev–Trinajstić information content (AvgIpc) is 3.76. The van der Waals surface area contributed by atoms with Crippen LogP contribution in [0.5, 0.6) is 0 Å². The smallest absolute Gasteiger partial charge is 0.409 e. The Morgan fingerprint density at radius 1 is 0.978 bits per heavy atom. The summed E-state index contributed by atoms with van der Waals surface area (Å²) in [5.74, 6) is -0.175. The highest BCUT2D eigenvalue weighted by Gasteiger charge is 2.49. The zero-order chi connectivity index (χ0) is 31.0. The van der Waals surface area contributed by atoms with Crippen LogP contribution in [-0.2, 0) is 19.8 Å². The van der Waals surface area contributed by atoms with Crippen LogP contribution in [-0.4, -0.2) is 61.3 Å². The van der Waals surface area contributed by atoms with Crippen LogP contribution in [0.15, 0.2) is 79.0 Å². The summed E-state index contributed by atoms with van der Waals surface area (Å²) in [6.07, 6.45) is 5.87. The van der Waals surface area contributed by atoms with Crippen molar-refractivity contribution in [1.29, 1.82) is 0 Å². The Morgan fingerprint density at radius 3 is 2.38 bits per heavy atom. The molecule has 2 aliphatic carbocycles. The fraction of sp³-hybridized carbons (Fsp3) is 0.405. The first-order valence-electron chi connectivity index (χ1n) is 16.2. The second kappa shape index (κ2) is 12.3. The third-order valence-corrected chi connectivity index (χ3v) is 10.1. The largest absolute Gasteiger partial charge is 0.448 e. The van der Waals surface area contributed by atoms with Gasteiger partial charge in [-0.05, 0) is 66.3 Å². The van der Waals surface area contributed by atoms with Crippen molar-refractivity contribution in [2.75, 3.05) is 33.4 Å². The van der Waals surface area contributed by atoms with E-state index in [-0.39, 0.29) is 31.0 Å². The van der Waals surface area contributed by atoms with E-state index in [1.54, 1.807) is 12.0 Å². The number of amides is 2. The minimum atomic E-state index is -0.522. The molecule has 234 valence electrons. The van der Waals surface area contributed by atoms with E-state index in [2.05, 4.69) is 52.9 Å². The summed E-state index contributed by atoms with van der Waals surface area (Å²) in [6.45, 7) is 1.50. The number of aromatic nitrogens is 1. The second-order valence-corrected chi connectivity index (χ2v) is 13.0. The van der Waals surface area contributed by atoms with Gasteiger partial charge in [-0.3, -0.25) is 4.79 Å². The number of rotatable bonds is 10. The van der Waals surface area contributed by atoms with Gasteiger partial charge in [-0.15, -0.1) is 0 Å². The number of fused-ring (bicyclic) bond motifs is 4. The van der Waals surface area contributed by atoms with Gasteiger partial charge in [-0.25, -0.2) is 4.79 Å². The van der Waals surface area contributed by atoms with Crippen molar-refractivity contribution >= 4 is 22.9 Å². The molecule has 3 atom stereocenters. The number of carbonyl (C=O) groups is 2. The topological polar surface area (TPSA) is 110 Å². The third-order valence-electron chi connectivity index (χ3n) is 10.1. The van der Waals surface area contributed by atoms with E-state index in [1.165, 1.54) is 22.3 Å². The fourth-order valence-corrected chi connectivity index (χ4v) is 7.79.